The summed E-state index contributed by atoms with van der Waals surface area (Å²) in [5.74, 6) is -0.0364. The molecule has 1 N–H and O–H groups in total. The van der Waals surface area contributed by atoms with Gasteiger partial charge in [-0.25, -0.2) is 4.39 Å². The molecule has 2 heterocycles. The van der Waals surface area contributed by atoms with E-state index in [1.807, 2.05) is 12.1 Å². The van der Waals surface area contributed by atoms with Gasteiger partial charge in [-0.2, -0.15) is 0 Å². The summed E-state index contributed by atoms with van der Waals surface area (Å²) < 4.78 is 18.5. The smallest absolute Gasteiger partial charge is 0.220 e. The predicted molar refractivity (Wildman–Crippen MR) is 91.0 cm³/mol. The third-order valence-corrected chi connectivity index (χ3v) is 4.99. The van der Waals surface area contributed by atoms with Gasteiger partial charge in [0.25, 0.3) is 0 Å². The summed E-state index contributed by atoms with van der Waals surface area (Å²) in [4.78, 5) is 14.4. The highest BCUT2D eigenvalue weighted by Crippen LogP contribution is 2.18. The van der Waals surface area contributed by atoms with Crippen LogP contribution in [0.4, 0.5) is 4.39 Å². The van der Waals surface area contributed by atoms with Crippen molar-refractivity contribution < 1.29 is 13.9 Å². The van der Waals surface area contributed by atoms with Crippen molar-refractivity contribution in [3.8, 4) is 0 Å². The van der Waals surface area contributed by atoms with Crippen molar-refractivity contribution in [2.24, 2.45) is 0 Å². The SMILES string of the molecule is O=C(CCC1CCCO1)NC1CCN(Cc2ccc(F)cc2)CC1. The van der Waals surface area contributed by atoms with Gasteiger partial charge in [0.05, 0.1) is 6.10 Å². The molecule has 1 aromatic carbocycles. The molecule has 2 aliphatic heterocycles. The van der Waals surface area contributed by atoms with Crippen LogP contribution < -0.4 is 5.32 Å². The number of benzene rings is 1. The van der Waals surface area contributed by atoms with Crippen LogP contribution >= 0.6 is 0 Å². The summed E-state index contributed by atoms with van der Waals surface area (Å²) >= 11 is 0. The lowest BCUT2D eigenvalue weighted by molar-refractivity contribution is -0.122. The van der Waals surface area contributed by atoms with Gasteiger partial charge in [0.2, 0.25) is 5.91 Å². The third-order valence-electron chi connectivity index (χ3n) is 4.99. The zero-order valence-electron chi connectivity index (χ0n) is 14.2. The van der Waals surface area contributed by atoms with Gasteiger partial charge in [0.1, 0.15) is 5.82 Å². The van der Waals surface area contributed by atoms with Crippen molar-refractivity contribution >= 4 is 5.91 Å². The van der Waals surface area contributed by atoms with E-state index < -0.39 is 0 Å². The van der Waals surface area contributed by atoms with Crippen LogP contribution in [0, 0.1) is 5.82 Å². The van der Waals surface area contributed by atoms with E-state index in [0.29, 0.717) is 6.42 Å². The fraction of sp³-hybridized carbons (Fsp3) is 0.632. The Morgan fingerprint density at radius 1 is 1.21 bits per heavy atom. The largest absolute Gasteiger partial charge is 0.378 e. The molecule has 24 heavy (non-hydrogen) atoms. The zero-order chi connectivity index (χ0) is 16.8. The summed E-state index contributed by atoms with van der Waals surface area (Å²) in [6.45, 7) is 3.63. The quantitative estimate of drug-likeness (QED) is 0.870. The lowest BCUT2D eigenvalue weighted by Gasteiger charge is -2.32. The highest BCUT2D eigenvalue weighted by Gasteiger charge is 2.22. The van der Waals surface area contributed by atoms with Crippen molar-refractivity contribution in [3.05, 3.63) is 35.6 Å². The molecule has 1 unspecified atom stereocenters. The van der Waals surface area contributed by atoms with E-state index in [0.717, 1.165) is 63.9 Å². The van der Waals surface area contributed by atoms with Crippen LogP contribution in [-0.2, 0) is 16.1 Å². The molecular weight excluding hydrogens is 307 g/mol. The summed E-state index contributed by atoms with van der Waals surface area (Å²) in [6.07, 6.45) is 5.87. The molecule has 5 heteroatoms. The van der Waals surface area contributed by atoms with Crippen molar-refractivity contribution in [1.29, 1.82) is 0 Å². The predicted octanol–water partition coefficient (Wildman–Crippen LogP) is 2.87. The minimum atomic E-state index is -0.192. The van der Waals surface area contributed by atoms with Gasteiger partial charge >= 0.3 is 0 Å². The van der Waals surface area contributed by atoms with E-state index in [2.05, 4.69) is 10.2 Å². The van der Waals surface area contributed by atoms with Crippen LogP contribution in [0.2, 0.25) is 0 Å². The van der Waals surface area contributed by atoms with E-state index in [9.17, 15) is 9.18 Å². The number of hydrogen-bond acceptors (Lipinski definition) is 3. The van der Waals surface area contributed by atoms with E-state index in [1.54, 1.807) is 0 Å². The first-order chi connectivity index (χ1) is 11.7. The van der Waals surface area contributed by atoms with E-state index in [4.69, 9.17) is 4.74 Å². The molecule has 0 saturated carbocycles. The second kappa shape index (κ2) is 8.58. The number of nitrogens with zero attached hydrogens (tertiary/aromatic N) is 1. The molecule has 1 amide bonds. The van der Waals surface area contributed by atoms with Crippen LogP contribution in [0.3, 0.4) is 0 Å². The maximum Gasteiger partial charge on any atom is 0.220 e. The molecule has 2 saturated heterocycles. The lowest BCUT2D eigenvalue weighted by Crippen LogP contribution is -2.44. The van der Waals surface area contributed by atoms with Crippen molar-refractivity contribution in [2.45, 2.75) is 57.2 Å². The van der Waals surface area contributed by atoms with Crippen LogP contribution in [0.25, 0.3) is 0 Å². The minimum Gasteiger partial charge on any atom is -0.378 e. The molecule has 132 valence electrons. The summed E-state index contributed by atoms with van der Waals surface area (Å²) in [6, 6.07) is 6.99. The fourth-order valence-electron chi connectivity index (χ4n) is 3.55. The number of ether oxygens (including phenoxy) is 1. The molecule has 0 radical (unpaired) electrons. The van der Waals surface area contributed by atoms with Crippen molar-refractivity contribution in [1.82, 2.24) is 10.2 Å². The number of hydrogen-bond donors (Lipinski definition) is 1. The Morgan fingerprint density at radius 2 is 1.96 bits per heavy atom. The fourth-order valence-corrected chi connectivity index (χ4v) is 3.55. The molecule has 3 rings (SSSR count). The second-order valence-electron chi connectivity index (χ2n) is 6.92. The molecule has 0 bridgehead atoms. The molecule has 0 aromatic heterocycles. The van der Waals surface area contributed by atoms with E-state index in [-0.39, 0.29) is 23.9 Å². The number of carbonyl (C=O) groups excluding carboxylic acids is 1. The van der Waals surface area contributed by atoms with Gasteiger partial charge < -0.3 is 10.1 Å². The van der Waals surface area contributed by atoms with Gasteiger partial charge in [0, 0.05) is 38.7 Å². The molecule has 4 nitrogen and oxygen atoms in total. The Morgan fingerprint density at radius 3 is 2.62 bits per heavy atom. The third kappa shape index (κ3) is 5.28. The standard InChI is InChI=1S/C19H27FN2O2/c20-16-5-3-15(4-6-16)14-22-11-9-17(10-12-22)21-19(23)8-7-18-2-1-13-24-18/h3-6,17-18H,1-2,7-14H2,(H,21,23). The molecule has 1 atom stereocenters. The Bertz CT molecular complexity index is 521. The molecular formula is C19H27FN2O2. The van der Waals surface area contributed by atoms with Crippen LogP contribution in [0.1, 0.15) is 44.1 Å². The number of amides is 1. The van der Waals surface area contributed by atoms with Crippen molar-refractivity contribution in [2.75, 3.05) is 19.7 Å². The first-order valence-corrected chi connectivity index (χ1v) is 9.07. The molecule has 2 aliphatic rings. The maximum atomic E-state index is 12.9. The second-order valence-corrected chi connectivity index (χ2v) is 6.92. The average Bonchev–Trinajstić information content (AvgIpc) is 3.10. The minimum absolute atomic E-state index is 0.155. The first kappa shape index (κ1) is 17.4. The Labute approximate surface area is 143 Å². The summed E-state index contributed by atoms with van der Waals surface area (Å²) in [5.41, 5.74) is 1.13. The lowest BCUT2D eigenvalue weighted by atomic mass is 10.0. The topological polar surface area (TPSA) is 41.6 Å². The number of piperidine rings is 1. The Kier molecular flexibility index (Phi) is 6.21. The molecule has 2 fully saturated rings. The van der Waals surface area contributed by atoms with Gasteiger partial charge in [-0.15, -0.1) is 0 Å². The molecule has 0 spiro atoms. The van der Waals surface area contributed by atoms with Crippen molar-refractivity contribution in [3.63, 3.8) is 0 Å². The van der Waals surface area contributed by atoms with Gasteiger partial charge in [-0.3, -0.25) is 9.69 Å². The summed E-state index contributed by atoms with van der Waals surface area (Å²) in [5, 5.41) is 3.16. The van der Waals surface area contributed by atoms with E-state index in [1.165, 1.54) is 12.1 Å². The highest BCUT2D eigenvalue weighted by molar-refractivity contribution is 5.76. The number of likely N-dealkylation sites (tertiary alicyclic amines) is 1. The number of rotatable bonds is 6. The summed E-state index contributed by atoms with van der Waals surface area (Å²) in [7, 11) is 0. The van der Waals surface area contributed by atoms with Crippen LogP contribution in [0.15, 0.2) is 24.3 Å². The zero-order valence-corrected chi connectivity index (χ0v) is 14.2. The van der Waals surface area contributed by atoms with Gasteiger partial charge in [0.15, 0.2) is 0 Å². The van der Waals surface area contributed by atoms with Crippen LogP contribution in [-0.4, -0.2) is 42.6 Å². The Balaban J connectivity index is 1.34. The van der Waals surface area contributed by atoms with Crippen LogP contribution in [0.5, 0.6) is 0 Å². The maximum absolute atomic E-state index is 12.9. The first-order valence-electron chi connectivity index (χ1n) is 9.07. The van der Waals surface area contributed by atoms with Gasteiger partial charge in [-0.05, 0) is 49.8 Å². The number of carbonyl (C=O) groups is 1. The Hall–Kier alpha value is -1.46. The highest BCUT2D eigenvalue weighted by atomic mass is 19.1. The normalized spacial score (nSPS) is 22.6. The monoisotopic (exact) mass is 334 g/mol. The average molecular weight is 334 g/mol. The van der Waals surface area contributed by atoms with Gasteiger partial charge in [-0.1, -0.05) is 12.1 Å². The van der Waals surface area contributed by atoms with E-state index >= 15 is 0 Å². The number of nitrogens with one attached hydrogen (secondary N) is 1. The molecule has 1 aromatic rings. The molecule has 0 aliphatic carbocycles. The number of halogens is 1.